The van der Waals surface area contributed by atoms with Gasteiger partial charge in [0, 0.05) is 38.8 Å². The topological polar surface area (TPSA) is 83.6 Å². The first-order chi connectivity index (χ1) is 11.2. The second-order valence-corrected chi connectivity index (χ2v) is 7.00. The van der Waals surface area contributed by atoms with Gasteiger partial charge in [0.1, 0.15) is 10.9 Å². The molecule has 1 unspecified atom stereocenters. The minimum absolute atomic E-state index is 0.204. The first kappa shape index (κ1) is 18.9. The van der Waals surface area contributed by atoms with Crippen LogP contribution in [0.3, 0.4) is 0 Å². The number of alkyl halides is 3. The van der Waals surface area contributed by atoms with Gasteiger partial charge in [-0.2, -0.15) is 13.2 Å². The molecule has 0 amide bonds. The molecule has 2 rings (SSSR count). The van der Waals surface area contributed by atoms with E-state index in [-0.39, 0.29) is 23.9 Å². The fourth-order valence-corrected chi connectivity index (χ4v) is 3.35. The number of sulfonamides is 1. The van der Waals surface area contributed by atoms with Crippen molar-refractivity contribution in [3.8, 4) is 5.88 Å². The number of nitrogens with zero attached hydrogens (tertiary/aromatic N) is 2. The first-order valence-corrected chi connectivity index (χ1v) is 8.73. The Labute approximate surface area is 138 Å². The fourth-order valence-electron chi connectivity index (χ4n) is 2.36. The van der Waals surface area contributed by atoms with Gasteiger partial charge in [-0.15, -0.1) is 0 Å². The van der Waals surface area contributed by atoms with Crippen molar-refractivity contribution >= 4 is 10.0 Å². The summed E-state index contributed by atoms with van der Waals surface area (Å²) in [4.78, 5) is 4.76. The van der Waals surface area contributed by atoms with Gasteiger partial charge in [0.15, 0.2) is 0 Å². The third-order valence-electron chi connectivity index (χ3n) is 3.67. The molecule has 1 saturated heterocycles. The Morgan fingerprint density at radius 3 is 2.54 bits per heavy atom. The average Bonchev–Trinajstić information content (AvgIpc) is 2.54. The number of hydrogen-bond donors (Lipinski definition) is 2. The number of aromatic nitrogens is 1. The van der Waals surface area contributed by atoms with Crippen LogP contribution >= 0.6 is 0 Å². The number of halogens is 3. The second kappa shape index (κ2) is 7.64. The lowest BCUT2D eigenvalue weighted by molar-refractivity contribution is -0.182. The Bertz CT molecular complexity index is 631. The first-order valence-electron chi connectivity index (χ1n) is 7.25. The minimum Gasteiger partial charge on any atom is -0.481 e. The number of ether oxygens (including phenoxy) is 1. The molecule has 7 nitrogen and oxygen atoms in total. The van der Waals surface area contributed by atoms with Crippen LogP contribution in [0, 0.1) is 0 Å². The zero-order valence-electron chi connectivity index (χ0n) is 13.0. The van der Waals surface area contributed by atoms with Crippen LogP contribution in [0.5, 0.6) is 5.88 Å². The highest BCUT2D eigenvalue weighted by Crippen LogP contribution is 2.25. The smallest absolute Gasteiger partial charge is 0.405 e. The van der Waals surface area contributed by atoms with Crippen molar-refractivity contribution in [3.05, 3.63) is 18.3 Å². The molecule has 1 aromatic rings. The van der Waals surface area contributed by atoms with Crippen molar-refractivity contribution < 1.29 is 26.3 Å². The van der Waals surface area contributed by atoms with Gasteiger partial charge in [-0.25, -0.2) is 18.1 Å². The van der Waals surface area contributed by atoms with Gasteiger partial charge < -0.3 is 10.1 Å². The zero-order valence-corrected chi connectivity index (χ0v) is 13.8. The molecular weight excluding hydrogens is 349 g/mol. The molecule has 1 aromatic heterocycles. The van der Waals surface area contributed by atoms with Crippen LogP contribution < -0.4 is 14.8 Å². The van der Waals surface area contributed by atoms with Gasteiger partial charge >= 0.3 is 6.18 Å². The molecule has 1 aliphatic heterocycles. The Hall–Kier alpha value is -1.43. The predicted octanol–water partition coefficient (Wildman–Crippen LogP) is 0.205. The van der Waals surface area contributed by atoms with E-state index in [0.717, 1.165) is 6.20 Å². The van der Waals surface area contributed by atoms with E-state index < -0.39 is 28.8 Å². The Morgan fingerprint density at radius 1 is 1.38 bits per heavy atom. The SMILES string of the molecule is COc1ccc(S(=O)(=O)NCC(N2CCNCC2)C(F)(F)F)cn1. The zero-order chi connectivity index (χ0) is 17.8. The summed E-state index contributed by atoms with van der Waals surface area (Å²) < 4.78 is 70.9. The third kappa shape index (κ3) is 4.79. The molecular formula is C13H19F3N4O3S. The summed E-state index contributed by atoms with van der Waals surface area (Å²) in [6.45, 7) is 0.521. The molecule has 2 N–H and O–H groups in total. The van der Waals surface area contributed by atoms with Gasteiger partial charge in [0.05, 0.1) is 13.3 Å². The molecule has 0 aromatic carbocycles. The predicted molar refractivity (Wildman–Crippen MR) is 80.3 cm³/mol. The Morgan fingerprint density at radius 2 is 2.04 bits per heavy atom. The number of nitrogens with one attached hydrogen (secondary N) is 2. The van der Waals surface area contributed by atoms with E-state index in [0.29, 0.717) is 13.1 Å². The van der Waals surface area contributed by atoms with Crippen molar-refractivity contribution in [1.82, 2.24) is 19.9 Å². The van der Waals surface area contributed by atoms with Crippen molar-refractivity contribution in [2.24, 2.45) is 0 Å². The molecule has 0 saturated carbocycles. The monoisotopic (exact) mass is 368 g/mol. The highest BCUT2D eigenvalue weighted by molar-refractivity contribution is 7.89. The maximum atomic E-state index is 13.3. The quantitative estimate of drug-likeness (QED) is 0.747. The third-order valence-corrected chi connectivity index (χ3v) is 5.07. The maximum Gasteiger partial charge on any atom is 0.405 e. The van der Waals surface area contributed by atoms with Crippen LogP contribution in [0.25, 0.3) is 0 Å². The van der Waals surface area contributed by atoms with Crippen molar-refractivity contribution in [3.63, 3.8) is 0 Å². The van der Waals surface area contributed by atoms with Crippen molar-refractivity contribution in [2.75, 3.05) is 39.8 Å². The molecule has 0 radical (unpaired) electrons. The highest BCUT2D eigenvalue weighted by Gasteiger charge is 2.44. The van der Waals surface area contributed by atoms with Crippen LogP contribution in [0.4, 0.5) is 13.2 Å². The van der Waals surface area contributed by atoms with E-state index >= 15 is 0 Å². The number of hydrogen-bond acceptors (Lipinski definition) is 6. The molecule has 24 heavy (non-hydrogen) atoms. The molecule has 11 heteroatoms. The molecule has 1 atom stereocenters. The fraction of sp³-hybridized carbons (Fsp3) is 0.615. The van der Waals surface area contributed by atoms with E-state index in [9.17, 15) is 21.6 Å². The molecule has 2 heterocycles. The van der Waals surface area contributed by atoms with Crippen LogP contribution in [0.1, 0.15) is 0 Å². The number of piperazine rings is 1. The summed E-state index contributed by atoms with van der Waals surface area (Å²) in [6, 6.07) is 0.675. The largest absolute Gasteiger partial charge is 0.481 e. The molecule has 1 aliphatic rings. The molecule has 136 valence electrons. The second-order valence-electron chi connectivity index (χ2n) is 5.23. The van der Waals surface area contributed by atoms with Gasteiger partial charge in [0.25, 0.3) is 0 Å². The van der Waals surface area contributed by atoms with E-state index in [1.807, 2.05) is 4.72 Å². The van der Waals surface area contributed by atoms with Gasteiger partial charge in [-0.1, -0.05) is 0 Å². The molecule has 0 spiro atoms. The van der Waals surface area contributed by atoms with Crippen LogP contribution in [-0.2, 0) is 10.0 Å². The van der Waals surface area contributed by atoms with Crippen LogP contribution in [0.2, 0.25) is 0 Å². The van der Waals surface area contributed by atoms with E-state index in [4.69, 9.17) is 4.74 Å². The maximum absolute atomic E-state index is 13.3. The van der Waals surface area contributed by atoms with Crippen LogP contribution in [0.15, 0.2) is 23.2 Å². The minimum atomic E-state index is -4.53. The molecule has 1 fully saturated rings. The normalized spacial score (nSPS) is 18.3. The molecule has 0 aliphatic carbocycles. The van der Waals surface area contributed by atoms with Gasteiger partial charge in [-0.3, -0.25) is 4.90 Å². The standard InChI is InChI=1S/C13H19F3N4O3S/c1-23-12-3-2-10(8-18-12)24(21,22)19-9-11(13(14,15)16)20-6-4-17-5-7-20/h2-3,8,11,17,19H,4-7,9H2,1H3. The summed E-state index contributed by atoms with van der Waals surface area (Å²) in [5.74, 6) is 0.211. The van der Waals surface area contributed by atoms with Crippen molar-refractivity contribution in [2.45, 2.75) is 17.1 Å². The lowest BCUT2D eigenvalue weighted by Crippen LogP contribution is -2.57. The van der Waals surface area contributed by atoms with E-state index in [1.54, 1.807) is 0 Å². The summed E-state index contributed by atoms with van der Waals surface area (Å²) in [7, 11) is -2.72. The summed E-state index contributed by atoms with van der Waals surface area (Å²) in [6.07, 6.45) is -3.49. The lowest BCUT2D eigenvalue weighted by atomic mass is 10.2. The Kier molecular flexibility index (Phi) is 6.01. The summed E-state index contributed by atoms with van der Waals surface area (Å²) in [5.41, 5.74) is 0. The number of methoxy groups -OCH3 is 1. The van der Waals surface area contributed by atoms with E-state index in [2.05, 4.69) is 10.3 Å². The number of rotatable bonds is 6. The van der Waals surface area contributed by atoms with E-state index in [1.165, 1.54) is 24.1 Å². The van der Waals surface area contributed by atoms with Gasteiger partial charge in [-0.05, 0) is 6.07 Å². The Balaban J connectivity index is 2.08. The lowest BCUT2D eigenvalue weighted by Gasteiger charge is -2.35. The highest BCUT2D eigenvalue weighted by atomic mass is 32.2. The van der Waals surface area contributed by atoms with Crippen molar-refractivity contribution in [1.29, 1.82) is 0 Å². The molecule has 0 bridgehead atoms. The van der Waals surface area contributed by atoms with Crippen LogP contribution in [-0.4, -0.2) is 70.4 Å². The summed E-state index contributed by atoms with van der Waals surface area (Å²) in [5, 5.41) is 2.96. The number of pyridine rings is 1. The summed E-state index contributed by atoms with van der Waals surface area (Å²) >= 11 is 0. The van der Waals surface area contributed by atoms with Gasteiger partial charge in [0.2, 0.25) is 15.9 Å². The average molecular weight is 368 g/mol.